The van der Waals surface area contributed by atoms with E-state index in [4.69, 9.17) is 10.2 Å². The molecule has 162 valence electrons. The van der Waals surface area contributed by atoms with Crippen molar-refractivity contribution in [1.82, 2.24) is 15.4 Å². The fourth-order valence-electron chi connectivity index (χ4n) is 3.30. The predicted octanol–water partition coefficient (Wildman–Crippen LogP) is 4.30. The lowest BCUT2D eigenvalue weighted by Crippen LogP contribution is -2.22. The molecule has 2 aromatic carbocycles. The normalized spacial score (nSPS) is 10.1. The molecule has 6 heteroatoms. The van der Waals surface area contributed by atoms with E-state index in [2.05, 4.69) is 16.8 Å². The number of pyridine rings is 2. The van der Waals surface area contributed by atoms with Gasteiger partial charge in [-0.05, 0) is 42.0 Å². The number of rotatable bonds is 5. The number of aromatic nitrogens is 2. The summed E-state index contributed by atoms with van der Waals surface area (Å²) in [7, 11) is 1.91. The van der Waals surface area contributed by atoms with E-state index in [9.17, 15) is 4.79 Å². The Morgan fingerprint density at radius 2 is 1.73 bits per heavy atom. The molecule has 0 aliphatic rings. The van der Waals surface area contributed by atoms with Crippen molar-refractivity contribution in [3.8, 4) is 23.1 Å². The van der Waals surface area contributed by atoms with Crippen LogP contribution in [0.3, 0.4) is 0 Å². The number of amides is 1. The number of carbonyl (C=O) groups excluding carboxylic acids is 1. The van der Waals surface area contributed by atoms with Crippen molar-refractivity contribution in [1.29, 1.82) is 0 Å². The smallest absolute Gasteiger partial charge is 0.274 e. The van der Waals surface area contributed by atoms with Gasteiger partial charge in [-0.2, -0.15) is 0 Å². The van der Waals surface area contributed by atoms with Crippen LogP contribution in [-0.4, -0.2) is 28.1 Å². The van der Waals surface area contributed by atoms with Crippen molar-refractivity contribution in [3.63, 3.8) is 0 Å². The number of hydrogen-bond acceptors (Lipinski definition) is 5. The van der Waals surface area contributed by atoms with E-state index in [-0.39, 0.29) is 0 Å². The molecule has 6 nitrogen and oxygen atoms in total. The SMILES string of the molecule is CN(Cc1ccccc1)c1cc(C(=O)NO)cc(-c2ccc(C#Cc3cccnc3)cc2)n1. The lowest BCUT2D eigenvalue weighted by atomic mass is 10.1. The molecule has 0 saturated heterocycles. The van der Waals surface area contributed by atoms with Crippen LogP contribution in [0.5, 0.6) is 0 Å². The molecule has 2 aromatic heterocycles. The largest absolute Gasteiger partial charge is 0.355 e. The molecule has 0 aliphatic carbocycles. The first-order valence-corrected chi connectivity index (χ1v) is 10.4. The second-order valence-corrected chi connectivity index (χ2v) is 7.45. The van der Waals surface area contributed by atoms with Crippen LogP contribution in [0.25, 0.3) is 11.3 Å². The van der Waals surface area contributed by atoms with Crippen molar-refractivity contribution in [3.05, 3.63) is 114 Å². The highest BCUT2D eigenvalue weighted by molar-refractivity contribution is 5.95. The maximum Gasteiger partial charge on any atom is 0.274 e. The summed E-state index contributed by atoms with van der Waals surface area (Å²) in [6.07, 6.45) is 3.43. The van der Waals surface area contributed by atoms with Crippen molar-refractivity contribution >= 4 is 11.7 Å². The van der Waals surface area contributed by atoms with Gasteiger partial charge in [0.25, 0.3) is 5.91 Å². The van der Waals surface area contributed by atoms with Gasteiger partial charge in [-0.1, -0.05) is 54.3 Å². The summed E-state index contributed by atoms with van der Waals surface area (Å²) < 4.78 is 0. The highest BCUT2D eigenvalue weighted by atomic mass is 16.5. The van der Waals surface area contributed by atoms with Crippen molar-refractivity contribution < 1.29 is 10.0 Å². The van der Waals surface area contributed by atoms with E-state index in [1.807, 2.05) is 78.7 Å². The molecular weight excluding hydrogens is 412 g/mol. The molecule has 0 bridgehead atoms. The fourth-order valence-corrected chi connectivity index (χ4v) is 3.30. The lowest BCUT2D eigenvalue weighted by molar-refractivity contribution is 0.0706. The van der Waals surface area contributed by atoms with Gasteiger partial charge in [0.05, 0.1) is 5.69 Å². The topological polar surface area (TPSA) is 78.4 Å². The monoisotopic (exact) mass is 434 g/mol. The van der Waals surface area contributed by atoms with Crippen LogP contribution in [0.2, 0.25) is 0 Å². The average Bonchev–Trinajstić information content (AvgIpc) is 2.88. The van der Waals surface area contributed by atoms with E-state index >= 15 is 0 Å². The Hall–Kier alpha value is -4.47. The summed E-state index contributed by atoms with van der Waals surface area (Å²) in [5.74, 6) is 6.23. The quantitative estimate of drug-likeness (QED) is 0.278. The number of anilines is 1. The number of nitrogens with one attached hydrogen (secondary N) is 1. The van der Waals surface area contributed by atoms with Crippen molar-refractivity contribution in [2.24, 2.45) is 0 Å². The van der Waals surface area contributed by atoms with Crippen LogP contribution in [0.1, 0.15) is 27.0 Å². The molecule has 0 fully saturated rings. The molecule has 0 atom stereocenters. The van der Waals surface area contributed by atoms with Gasteiger partial charge in [0.2, 0.25) is 0 Å². The number of benzene rings is 2. The summed E-state index contributed by atoms with van der Waals surface area (Å²) in [5.41, 5.74) is 6.31. The third-order valence-electron chi connectivity index (χ3n) is 5.02. The second-order valence-electron chi connectivity index (χ2n) is 7.45. The Balaban J connectivity index is 1.63. The van der Waals surface area contributed by atoms with Gasteiger partial charge in [0.15, 0.2) is 0 Å². The third-order valence-corrected chi connectivity index (χ3v) is 5.02. The Kier molecular flexibility index (Phi) is 6.74. The number of hydrogen-bond donors (Lipinski definition) is 2. The lowest BCUT2D eigenvalue weighted by Gasteiger charge is -2.20. The van der Waals surface area contributed by atoms with E-state index < -0.39 is 5.91 Å². The molecular formula is C27H22N4O2. The number of nitrogens with zero attached hydrogens (tertiary/aromatic N) is 3. The Labute approximate surface area is 192 Å². The maximum atomic E-state index is 12.2. The first kappa shape index (κ1) is 21.8. The number of hydroxylamine groups is 1. The van der Waals surface area contributed by atoms with Crippen LogP contribution in [0.15, 0.2) is 91.3 Å². The predicted molar refractivity (Wildman–Crippen MR) is 128 cm³/mol. The summed E-state index contributed by atoms with van der Waals surface area (Å²) in [6.45, 7) is 0.625. The van der Waals surface area contributed by atoms with Crippen LogP contribution < -0.4 is 10.4 Å². The fraction of sp³-hybridized carbons (Fsp3) is 0.0741. The van der Waals surface area contributed by atoms with E-state index in [1.165, 1.54) is 0 Å². The molecule has 0 saturated carbocycles. The average molecular weight is 434 g/mol. The Morgan fingerprint density at radius 1 is 0.970 bits per heavy atom. The van der Waals surface area contributed by atoms with Gasteiger partial charge in [-0.3, -0.25) is 15.0 Å². The zero-order valence-electron chi connectivity index (χ0n) is 18.1. The summed E-state index contributed by atoms with van der Waals surface area (Å²) in [6, 6.07) is 24.7. The molecule has 0 spiro atoms. The molecule has 4 rings (SSSR count). The number of carbonyl (C=O) groups is 1. The van der Waals surface area contributed by atoms with Crippen molar-refractivity contribution in [2.45, 2.75) is 6.54 Å². The van der Waals surface area contributed by atoms with Crippen LogP contribution in [0.4, 0.5) is 5.82 Å². The zero-order valence-corrected chi connectivity index (χ0v) is 18.1. The first-order valence-electron chi connectivity index (χ1n) is 10.4. The minimum Gasteiger partial charge on any atom is -0.355 e. The minimum atomic E-state index is -0.591. The zero-order chi connectivity index (χ0) is 23.0. The summed E-state index contributed by atoms with van der Waals surface area (Å²) in [5, 5.41) is 9.15. The molecule has 4 aromatic rings. The Bertz CT molecular complexity index is 1300. The first-order chi connectivity index (χ1) is 16.1. The summed E-state index contributed by atoms with van der Waals surface area (Å²) in [4.78, 5) is 23.0. The van der Waals surface area contributed by atoms with Gasteiger partial charge in [0.1, 0.15) is 5.82 Å². The van der Waals surface area contributed by atoms with Gasteiger partial charge in [-0.15, -0.1) is 0 Å². The van der Waals surface area contributed by atoms with Crippen LogP contribution in [-0.2, 0) is 6.54 Å². The van der Waals surface area contributed by atoms with E-state index in [0.717, 1.165) is 22.3 Å². The highest BCUT2D eigenvalue weighted by Gasteiger charge is 2.13. The second kappa shape index (κ2) is 10.2. The molecule has 1 amide bonds. The molecule has 0 aliphatic heterocycles. The van der Waals surface area contributed by atoms with Gasteiger partial charge in [0, 0.05) is 48.2 Å². The highest BCUT2D eigenvalue weighted by Crippen LogP contribution is 2.24. The van der Waals surface area contributed by atoms with Crippen LogP contribution >= 0.6 is 0 Å². The molecule has 0 unspecified atom stereocenters. The van der Waals surface area contributed by atoms with Gasteiger partial charge >= 0.3 is 0 Å². The maximum absolute atomic E-state index is 12.2. The molecule has 2 heterocycles. The standard InChI is InChI=1S/C27H22N4O2/c1-31(19-22-6-3-2-4-7-22)26-17-24(27(32)30-33)16-25(29-26)23-13-11-20(12-14-23)9-10-21-8-5-15-28-18-21/h2-8,11-18,33H,19H2,1H3,(H,30,32). The van der Waals surface area contributed by atoms with E-state index in [0.29, 0.717) is 23.6 Å². The molecule has 2 N–H and O–H groups in total. The van der Waals surface area contributed by atoms with Gasteiger partial charge < -0.3 is 4.90 Å². The van der Waals surface area contributed by atoms with Gasteiger partial charge in [-0.25, -0.2) is 10.5 Å². The van der Waals surface area contributed by atoms with E-state index in [1.54, 1.807) is 30.0 Å². The molecule has 0 radical (unpaired) electrons. The minimum absolute atomic E-state index is 0.317. The Morgan fingerprint density at radius 3 is 2.42 bits per heavy atom. The van der Waals surface area contributed by atoms with Crippen LogP contribution in [0, 0.1) is 11.8 Å². The molecule has 33 heavy (non-hydrogen) atoms. The summed E-state index contributed by atoms with van der Waals surface area (Å²) >= 11 is 0. The third kappa shape index (κ3) is 5.62. The van der Waals surface area contributed by atoms with Crippen molar-refractivity contribution in [2.75, 3.05) is 11.9 Å².